The Labute approximate surface area is 169 Å². The third-order valence-corrected chi connectivity index (χ3v) is 8.87. The topological polar surface area (TPSA) is 66.5 Å². The van der Waals surface area contributed by atoms with E-state index in [2.05, 4.69) is 19.2 Å². The molecule has 1 N–H and O–H groups in total. The number of hydrogen-bond acceptors (Lipinski definition) is 3. The zero-order valence-electron chi connectivity index (χ0n) is 17.6. The van der Waals surface area contributed by atoms with Gasteiger partial charge in [0.25, 0.3) is 0 Å². The van der Waals surface area contributed by atoms with E-state index in [1.54, 1.807) is 12.1 Å². The molecule has 0 radical (unpaired) electrons. The highest BCUT2D eigenvalue weighted by Gasteiger charge is 2.34. The molecule has 5 nitrogen and oxygen atoms in total. The predicted octanol–water partition coefficient (Wildman–Crippen LogP) is 3.65. The number of aryl methyl sites for hydroxylation is 2. The minimum absolute atomic E-state index is 0.0874. The molecule has 3 unspecified atom stereocenters. The van der Waals surface area contributed by atoms with Crippen molar-refractivity contribution in [2.75, 3.05) is 13.1 Å². The number of rotatable bonds is 4. The first kappa shape index (κ1) is 21.3. The third-order valence-electron chi connectivity index (χ3n) is 6.98. The predicted molar refractivity (Wildman–Crippen MR) is 112 cm³/mol. The average molecular weight is 407 g/mol. The summed E-state index contributed by atoms with van der Waals surface area (Å²) >= 11 is 0. The van der Waals surface area contributed by atoms with Crippen LogP contribution in [0.15, 0.2) is 23.1 Å². The van der Waals surface area contributed by atoms with Crippen LogP contribution < -0.4 is 5.32 Å². The van der Waals surface area contributed by atoms with Crippen molar-refractivity contribution in [2.24, 2.45) is 17.8 Å². The Balaban J connectivity index is 1.59. The highest BCUT2D eigenvalue weighted by atomic mass is 32.2. The van der Waals surface area contributed by atoms with E-state index in [0.29, 0.717) is 42.7 Å². The Morgan fingerprint density at radius 2 is 1.71 bits per heavy atom. The summed E-state index contributed by atoms with van der Waals surface area (Å²) in [4.78, 5) is 13.1. The normalized spacial score (nSPS) is 27.5. The first-order valence-electron chi connectivity index (χ1n) is 10.6. The van der Waals surface area contributed by atoms with Crippen molar-refractivity contribution in [3.8, 4) is 0 Å². The van der Waals surface area contributed by atoms with Crippen molar-refractivity contribution in [1.29, 1.82) is 0 Å². The molecule has 1 heterocycles. The van der Waals surface area contributed by atoms with Gasteiger partial charge >= 0.3 is 0 Å². The molecule has 1 aromatic carbocycles. The Kier molecular flexibility index (Phi) is 6.50. The molecule has 3 rings (SSSR count). The number of carbonyl (C=O) groups excluding carboxylic acids is 1. The van der Waals surface area contributed by atoms with Gasteiger partial charge in [-0.1, -0.05) is 32.8 Å². The van der Waals surface area contributed by atoms with Crippen LogP contribution in [0.3, 0.4) is 0 Å². The number of sulfonamides is 1. The quantitative estimate of drug-likeness (QED) is 0.830. The van der Waals surface area contributed by atoms with Crippen LogP contribution in [0.5, 0.6) is 0 Å². The Bertz CT molecular complexity index is 813. The second-order valence-corrected chi connectivity index (χ2v) is 10.7. The summed E-state index contributed by atoms with van der Waals surface area (Å²) in [6.07, 6.45) is 4.64. The van der Waals surface area contributed by atoms with Gasteiger partial charge < -0.3 is 5.32 Å². The second kappa shape index (κ2) is 8.54. The molecular formula is C22H34N2O3S. The molecule has 1 aromatic rings. The van der Waals surface area contributed by atoms with E-state index in [4.69, 9.17) is 0 Å². The van der Waals surface area contributed by atoms with Gasteiger partial charge in [-0.15, -0.1) is 0 Å². The van der Waals surface area contributed by atoms with Gasteiger partial charge in [0.15, 0.2) is 0 Å². The first-order valence-corrected chi connectivity index (χ1v) is 12.0. The SMILES string of the molecule is Cc1ccc(S(=O)(=O)N2CCC(C(=O)NC3CCCC(C)C3C)CC2)cc1C. The van der Waals surface area contributed by atoms with Crippen LogP contribution in [0.25, 0.3) is 0 Å². The lowest BCUT2D eigenvalue weighted by Gasteiger charge is -2.36. The van der Waals surface area contributed by atoms with E-state index in [1.807, 2.05) is 19.9 Å². The van der Waals surface area contributed by atoms with E-state index in [-0.39, 0.29) is 17.9 Å². The van der Waals surface area contributed by atoms with E-state index < -0.39 is 10.0 Å². The third kappa shape index (κ3) is 4.43. The van der Waals surface area contributed by atoms with Crippen LogP contribution in [-0.2, 0) is 14.8 Å². The second-order valence-electron chi connectivity index (χ2n) is 8.81. The number of benzene rings is 1. The van der Waals surface area contributed by atoms with Crippen LogP contribution in [0, 0.1) is 31.6 Å². The maximum Gasteiger partial charge on any atom is 0.243 e. The van der Waals surface area contributed by atoms with Crippen LogP contribution >= 0.6 is 0 Å². The van der Waals surface area contributed by atoms with E-state index in [1.165, 1.54) is 17.1 Å². The molecule has 1 saturated heterocycles. The minimum atomic E-state index is -3.49. The highest BCUT2D eigenvalue weighted by Crippen LogP contribution is 2.30. The van der Waals surface area contributed by atoms with Crippen molar-refractivity contribution in [3.05, 3.63) is 29.3 Å². The van der Waals surface area contributed by atoms with Crippen LogP contribution in [0.2, 0.25) is 0 Å². The summed E-state index contributed by atoms with van der Waals surface area (Å²) in [5, 5.41) is 3.26. The first-order chi connectivity index (χ1) is 13.2. The Hall–Kier alpha value is -1.40. The highest BCUT2D eigenvalue weighted by molar-refractivity contribution is 7.89. The monoisotopic (exact) mass is 406 g/mol. The van der Waals surface area contributed by atoms with Crippen LogP contribution in [0.4, 0.5) is 0 Å². The summed E-state index contributed by atoms with van der Waals surface area (Å²) in [7, 11) is -3.49. The smallest absolute Gasteiger partial charge is 0.243 e. The Morgan fingerprint density at radius 1 is 1.04 bits per heavy atom. The molecule has 3 atom stereocenters. The molecule has 1 aliphatic heterocycles. The number of carbonyl (C=O) groups is 1. The van der Waals surface area contributed by atoms with Gasteiger partial charge in [0.2, 0.25) is 15.9 Å². The molecule has 2 fully saturated rings. The molecule has 0 aromatic heterocycles. The van der Waals surface area contributed by atoms with Gasteiger partial charge in [0, 0.05) is 25.0 Å². The fraction of sp³-hybridized carbons (Fsp3) is 0.682. The maximum absolute atomic E-state index is 12.9. The largest absolute Gasteiger partial charge is 0.353 e. The lowest BCUT2D eigenvalue weighted by Crippen LogP contribution is -2.48. The molecule has 2 aliphatic rings. The van der Waals surface area contributed by atoms with E-state index in [9.17, 15) is 13.2 Å². The molecule has 0 bridgehead atoms. The van der Waals surface area contributed by atoms with E-state index in [0.717, 1.165) is 17.5 Å². The molecular weight excluding hydrogens is 372 g/mol. The summed E-state index contributed by atoms with van der Waals surface area (Å²) in [6, 6.07) is 5.54. The molecule has 28 heavy (non-hydrogen) atoms. The fourth-order valence-electron chi connectivity index (χ4n) is 4.47. The number of hydrogen-bond donors (Lipinski definition) is 1. The zero-order chi connectivity index (χ0) is 20.5. The van der Waals surface area contributed by atoms with Gasteiger partial charge in [-0.2, -0.15) is 4.31 Å². The van der Waals surface area contributed by atoms with Crippen LogP contribution in [0.1, 0.15) is 57.1 Å². The molecule has 156 valence electrons. The zero-order valence-corrected chi connectivity index (χ0v) is 18.4. The summed E-state index contributed by atoms with van der Waals surface area (Å²) in [5.41, 5.74) is 2.06. The summed E-state index contributed by atoms with van der Waals surface area (Å²) in [6.45, 7) is 9.21. The standard InChI is InChI=1S/C22H34N2O3S/c1-15-8-9-20(14-17(15)3)28(26,27)24-12-10-19(11-13-24)22(25)23-21-7-5-6-16(2)18(21)4/h8-9,14,16,18-19,21H,5-7,10-13H2,1-4H3,(H,23,25). The Morgan fingerprint density at radius 3 is 2.36 bits per heavy atom. The van der Waals surface area contributed by atoms with Gasteiger partial charge in [-0.3, -0.25) is 4.79 Å². The van der Waals surface area contributed by atoms with Gasteiger partial charge in [-0.05, 0) is 68.2 Å². The lowest BCUT2D eigenvalue weighted by atomic mass is 9.78. The molecule has 6 heteroatoms. The van der Waals surface area contributed by atoms with Crippen molar-refractivity contribution in [1.82, 2.24) is 9.62 Å². The van der Waals surface area contributed by atoms with Crippen molar-refractivity contribution >= 4 is 15.9 Å². The molecule has 0 spiro atoms. The van der Waals surface area contributed by atoms with Gasteiger partial charge in [0.05, 0.1) is 4.90 Å². The van der Waals surface area contributed by atoms with E-state index >= 15 is 0 Å². The molecule has 1 aliphatic carbocycles. The fourth-order valence-corrected chi connectivity index (χ4v) is 6.02. The number of nitrogens with one attached hydrogen (secondary N) is 1. The molecule has 1 amide bonds. The van der Waals surface area contributed by atoms with Gasteiger partial charge in [-0.25, -0.2) is 8.42 Å². The lowest BCUT2D eigenvalue weighted by molar-refractivity contribution is -0.127. The number of nitrogens with zero attached hydrogens (tertiary/aromatic N) is 1. The van der Waals surface area contributed by atoms with Crippen molar-refractivity contribution < 1.29 is 13.2 Å². The summed E-state index contributed by atoms with van der Waals surface area (Å²) in [5.74, 6) is 1.16. The number of amides is 1. The minimum Gasteiger partial charge on any atom is -0.353 e. The average Bonchev–Trinajstić information content (AvgIpc) is 2.67. The molecule has 1 saturated carbocycles. The summed E-state index contributed by atoms with van der Waals surface area (Å²) < 4.78 is 27.4. The van der Waals surface area contributed by atoms with Crippen LogP contribution in [-0.4, -0.2) is 37.8 Å². The van der Waals surface area contributed by atoms with Crippen molar-refractivity contribution in [2.45, 2.75) is 70.7 Å². The van der Waals surface area contributed by atoms with Crippen molar-refractivity contribution in [3.63, 3.8) is 0 Å². The van der Waals surface area contributed by atoms with Gasteiger partial charge in [0.1, 0.15) is 0 Å². The maximum atomic E-state index is 12.9. The number of piperidine rings is 1.